The number of hydrogen-bond acceptors (Lipinski definition) is 2. The van der Waals surface area contributed by atoms with Crippen LogP contribution in [0.4, 0.5) is 0 Å². The zero-order chi connectivity index (χ0) is 14.3. The number of carboxylic acids is 1. The van der Waals surface area contributed by atoms with Gasteiger partial charge < -0.3 is 10.0 Å². The van der Waals surface area contributed by atoms with Crippen LogP contribution in [0, 0.1) is 0 Å². The van der Waals surface area contributed by atoms with Gasteiger partial charge in [-0.05, 0) is 43.5 Å². The van der Waals surface area contributed by atoms with Crippen molar-refractivity contribution in [3.05, 3.63) is 35.4 Å². The second-order valence-corrected chi connectivity index (χ2v) is 5.48. The molecular weight excluding hydrogens is 238 g/mol. The number of hydrogen-bond donors (Lipinski definition) is 1. The summed E-state index contributed by atoms with van der Waals surface area (Å²) in [6.07, 6.45) is 1.97. The van der Waals surface area contributed by atoms with Crippen molar-refractivity contribution < 1.29 is 9.90 Å². The number of benzene rings is 1. The van der Waals surface area contributed by atoms with Crippen molar-refractivity contribution in [2.24, 2.45) is 0 Å². The van der Waals surface area contributed by atoms with E-state index in [0.717, 1.165) is 25.9 Å². The summed E-state index contributed by atoms with van der Waals surface area (Å²) in [6.45, 7) is 6.26. The fraction of sp³-hybridized carbons (Fsp3) is 0.562. The predicted octanol–water partition coefficient (Wildman–Crippen LogP) is 3.50. The van der Waals surface area contributed by atoms with Crippen molar-refractivity contribution in [2.45, 2.75) is 45.6 Å². The van der Waals surface area contributed by atoms with Crippen LogP contribution in [-0.2, 0) is 11.3 Å². The molecule has 0 aromatic heterocycles. The molecule has 0 amide bonds. The van der Waals surface area contributed by atoms with E-state index in [0.29, 0.717) is 5.92 Å². The summed E-state index contributed by atoms with van der Waals surface area (Å²) >= 11 is 0. The first-order valence-electron chi connectivity index (χ1n) is 6.98. The molecule has 0 saturated carbocycles. The maximum Gasteiger partial charge on any atom is 0.303 e. The van der Waals surface area contributed by atoms with E-state index in [1.54, 1.807) is 0 Å². The smallest absolute Gasteiger partial charge is 0.303 e. The minimum Gasteiger partial charge on any atom is -0.481 e. The molecule has 0 aliphatic carbocycles. The molecule has 3 heteroatoms. The SMILES string of the molecule is CC(C)c1ccc(CN(C)CCCCC(=O)O)cc1. The molecular formula is C16H25NO2. The molecule has 0 saturated heterocycles. The Morgan fingerprint density at radius 1 is 1.21 bits per heavy atom. The lowest BCUT2D eigenvalue weighted by Gasteiger charge is -2.17. The van der Waals surface area contributed by atoms with Gasteiger partial charge in [0.05, 0.1) is 0 Å². The Bertz CT molecular complexity index is 384. The molecule has 106 valence electrons. The molecule has 1 aromatic carbocycles. The average molecular weight is 263 g/mol. The van der Waals surface area contributed by atoms with Crippen LogP contribution in [0.5, 0.6) is 0 Å². The van der Waals surface area contributed by atoms with Gasteiger partial charge in [0.2, 0.25) is 0 Å². The van der Waals surface area contributed by atoms with Crippen LogP contribution in [-0.4, -0.2) is 29.6 Å². The molecule has 0 aliphatic heterocycles. The van der Waals surface area contributed by atoms with Crippen LogP contribution in [0.3, 0.4) is 0 Å². The van der Waals surface area contributed by atoms with Crippen molar-refractivity contribution in [3.63, 3.8) is 0 Å². The second kappa shape index (κ2) is 7.95. The number of carbonyl (C=O) groups is 1. The third-order valence-corrected chi connectivity index (χ3v) is 3.28. The Labute approximate surface area is 116 Å². The normalized spacial score (nSPS) is 11.2. The summed E-state index contributed by atoms with van der Waals surface area (Å²) in [5.74, 6) is -0.130. The second-order valence-electron chi connectivity index (χ2n) is 5.48. The maximum absolute atomic E-state index is 10.4. The Balaban J connectivity index is 2.31. The predicted molar refractivity (Wildman–Crippen MR) is 78.4 cm³/mol. The van der Waals surface area contributed by atoms with Gasteiger partial charge in [0.1, 0.15) is 0 Å². The topological polar surface area (TPSA) is 40.5 Å². The highest BCUT2D eigenvalue weighted by atomic mass is 16.4. The van der Waals surface area contributed by atoms with Gasteiger partial charge in [0.15, 0.2) is 0 Å². The van der Waals surface area contributed by atoms with Crippen LogP contribution in [0.2, 0.25) is 0 Å². The van der Waals surface area contributed by atoms with E-state index in [9.17, 15) is 4.79 Å². The third kappa shape index (κ3) is 6.39. The molecule has 0 heterocycles. The zero-order valence-corrected chi connectivity index (χ0v) is 12.2. The monoisotopic (exact) mass is 263 g/mol. The van der Waals surface area contributed by atoms with Gasteiger partial charge in [0, 0.05) is 13.0 Å². The van der Waals surface area contributed by atoms with E-state index >= 15 is 0 Å². The van der Waals surface area contributed by atoms with Gasteiger partial charge in [-0.2, -0.15) is 0 Å². The van der Waals surface area contributed by atoms with E-state index in [2.05, 4.69) is 50.1 Å². The molecule has 0 aliphatic rings. The highest BCUT2D eigenvalue weighted by Gasteiger charge is 2.03. The molecule has 3 nitrogen and oxygen atoms in total. The summed E-state index contributed by atoms with van der Waals surface area (Å²) in [4.78, 5) is 12.7. The first kappa shape index (κ1) is 15.7. The van der Waals surface area contributed by atoms with Gasteiger partial charge in [-0.1, -0.05) is 38.1 Å². The molecule has 0 atom stereocenters. The molecule has 0 bridgehead atoms. The first-order chi connectivity index (χ1) is 8.99. The van der Waals surface area contributed by atoms with E-state index < -0.39 is 5.97 Å². The largest absolute Gasteiger partial charge is 0.481 e. The van der Waals surface area contributed by atoms with Crippen LogP contribution in [0.15, 0.2) is 24.3 Å². The molecule has 1 aromatic rings. The lowest BCUT2D eigenvalue weighted by atomic mass is 10.0. The molecule has 1 rings (SSSR count). The van der Waals surface area contributed by atoms with Crippen LogP contribution in [0.25, 0.3) is 0 Å². The summed E-state index contributed by atoms with van der Waals surface area (Å²) in [7, 11) is 2.08. The Hall–Kier alpha value is -1.35. The Kier molecular flexibility index (Phi) is 6.57. The highest BCUT2D eigenvalue weighted by molar-refractivity contribution is 5.66. The fourth-order valence-electron chi connectivity index (χ4n) is 2.06. The molecule has 0 spiro atoms. The maximum atomic E-state index is 10.4. The molecule has 0 fully saturated rings. The fourth-order valence-corrected chi connectivity index (χ4v) is 2.06. The quantitative estimate of drug-likeness (QED) is 0.730. The number of carboxylic acid groups (broad SMARTS) is 1. The Morgan fingerprint density at radius 2 is 1.84 bits per heavy atom. The molecule has 1 N–H and O–H groups in total. The number of aliphatic carboxylic acids is 1. The Morgan fingerprint density at radius 3 is 2.37 bits per heavy atom. The van der Waals surface area contributed by atoms with Crippen molar-refractivity contribution in [1.29, 1.82) is 0 Å². The van der Waals surface area contributed by atoms with Gasteiger partial charge in [0.25, 0.3) is 0 Å². The summed E-state index contributed by atoms with van der Waals surface area (Å²) in [6, 6.07) is 8.75. The third-order valence-electron chi connectivity index (χ3n) is 3.28. The summed E-state index contributed by atoms with van der Waals surface area (Å²) in [5, 5.41) is 8.57. The van der Waals surface area contributed by atoms with Crippen molar-refractivity contribution >= 4 is 5.97 Å². The number of nitrogens with zero attached hydrogens (tertiary/aromatic N) is 1. The van der Waals surface area contributed by atoms with E-state index in [1.165, 1.54) is 11.1 Å². The van der Waals surface area contributed by atoms with Gasteiger partial charge >= 0.3 is 5.97 Å². The molecule has 0 radical (unpaired) electrons. The lowest BCUT2D eigenvalue weighted by molar-refractivity contribution is -0.137. The lowest BCUT2D eigenvalue weighted by Crippen LogP contribution is -2.19. The van der Waals surface area contributed by atoms with Gasteiger partial charge in [-0.25, -0.2) is 0 Å². The van der Waals surface area contributed by atoms with E-state index in [1.807, 2.05) is 0 Å². The van der Waals surface area contributed by atoms with E-state index in [-0.39, 0.29) is 6.42 Å². The van der Waals surface area contributed by atoms with Crippen LogP contribution >= 0.6 is 0 Å². The van der Waals surface area contributed by atoms with Crippen molar-refractivity contribution in [1.82, 2.24) is 4.90 Å². The van der Waals surface area contributed by atoms with Crippen LogP contribution < -0.4 is 0 Å². The van der Waals surface area contributed by atoms with Crippen molar-refractivity contribution in [3.8, 4) is 0 Å². The number of rotatable bonds is 8. The van der Waals surface area contributed by atoms with Gasteiger partial charge in [-0.15, -0.1) is 0 Å². The minimum atomic E-state index is -0.702. The standard InChI is InChI=1S/C16H25NO2/c1-13(2)15-9-7-14(8-10-15)12-17(3)11-5-4-6-16(18)19/h7-10,13H,4-6,11-12H2,1-3H3,(H,18,19). The van der Waals surface area contributed by atoms with E-state index in [4.69, 9.17) is 5.11 Å². The molecule has 19 heavy (non-hydrogen) atoms. The zero-order valence-electron chi connectivity index (χ0n) is 12.2. The summed E-state index contributed by atoms with van der Waals surface area (Å²) in [5.41, 5.74) is 2.68. The minimum absolute atomic E-state index is 0.275. The van der Waals surface area contributed by atoms with Crippen LogP contribution in [0.1, 0.15) is 50.2 Å². The van der Waals surface area contributed by atoms with Gasteiger partial charge in [-0.3, -0.25) is 4.79 Å². The summed E-state index contributed by atoms with van der Waals surface area (Å²) < 4.78 is 0. The average Bonchev–Trinajstić information content (AvgIpc) is 2.35. The molecule has 0 unspecified atom stereocenters. The highest BCUT2D eigenvalue weighted by Crippen LogP contribution is 2.15. The first-order valence-corrected chi connectivity index (χ1v) is 6.98. The van der Waals surface area contributed by atoms with Crippen molar-refractivity contribution in [2.75, 3.05) is 13.6 Å². The number of unbranched alkanes of at least 4 members (excludes halogenated alkanes) is 1.